The molecule has 1 aromatic carbocycles. The Bertz CT molecular complexity index is 303. The van der Waals surface area contributed by atoms with Crippen LogP contribution in [0.2, 0.25) is 0 Å². The summed E-state index contributed by atoms with van der Waals surface area (Å²) in [5.74, 6) is -2.81. The monoisotopic (exact) mass is 199 g/mol. The zero-order chi connectivity index (χ0) is 10.6. The highest BCUT2D eigenvalue weighted by Gasteiger charge is 2.23. The van der Waals surface area contributed by atoms with Gasteiger partial charge in [-0.2, -0.15) is 0 Å². The molecule has 0 fully saturated rings. The van der Waals surface area contributed by atoms with Crippen molar-refractivity contribution in [2.45, 2.75) is 19.4 Å². The summed E-state index contributed by atoms with van der Waals surface area (Å²) in [7, 11) is 0. The Morgan fingerprint density at radius 2 is 1.93 bits per heavy atom. The summed E-state index contributed by atoms with van der Waals surface area (Å²) in [6.45, 7) is 1.21. The fraction of sp³-hybridized carbons (Fsp3) is 0.300. The van der Waals surface area contributed by atoms with Crippen molar-refractivity contribution in [1.29, 1.82) is 0 Å². The zero-order valence-corrected chi connectivity index (χ0v) is 7.76. The molecule has 0 aromatic heterocycles. The van der Waals surface area contributed by atoms with Crippen molar-refractivity contribution >= 4 is 6.41 Å². The first-order chi connectivity index (χ1) is 6.54. The number of halogens is 2. The van der Waals surface area contributed by atoms with Crippen LogP contribution in [0.25, 0.3) is 0 Å². The highest BCUT2D eigenvalue weighted by Crippen LogP contribution is 2.26. The zero-order valence-electron chi connectivity index (χ0n) is 7.76. The van der Waals surface area contributed by atoms with Crippen molar-refractivity contribution in [1.82, 2.24) is 5.32 Å². The molecule has 0 atom stereocenters. The molecule has 0 aliphatic heterocycles. The van der Waals surface area contributed by atoms with E-state index in [0.717, 1.165) is 12.5 Å². The topological polar surface area (TPSA) is 29.1 Å². The van der Waals surface area contributed by atoms with E-state index in [4.69, 9.17) is 0 Å². The second kappa shape index (κ2) is 4.17. The van der Waals surface area contributed by atoms with Crippen LogP contribution < -0.4 is 5.32 Å². The van der Waals surface area contributed by atoms with E-state index in [1.807, 2.05) is 0 Å². The minimum atomic E-state index is -2.81. The van der Waals surface area contributed by atoms with E-state index >= 15 is 0 Å². The number of hydrogen-bond donors (Lipinski definition) is 1. The molecule has 1 aromatic rings. The number of carbonyl (C=O) groups excluding carboxylic acids is 1. The first kappa shape index (κ1) is 10.6. The van der Waals surface area contributed by atoms with Crippen LogP contribution in [-0.4, -0.2) is 6.41 Å². The van der Waals surface area contributed by atoms with Crippen LogP contribution >= 0.6 is 0 Å². The maximum Gasteiger partial charge on any atom is 0.270 e. The van der Waals surface area contributed by atoms with Crippen molar-refractivity contribution < 1.29 is 13.6 Å². The van der Waals surface area contributed by atoms with Crippen molar-refractivity contribution in [2.75, 3.05) is 0 Å². The molecule has 0 aliphatic rings. The summed E-state index contributed by atoms with van der Waals surface area (Å²) in [5.41, 5.74) is 0.775. The average molecular weight is 199 g/mol. The van der Waals surface area contributed by atoms with Crippen LogP contribution in [0.15, 0.2) is 24.3 Å². The van der Waals surface area contributed by atoms with Gasteiger partial charge >= 0.3 is 0 Å². The Balaban J connectivity index is 2.73. The Morgan fingerprint density at radius 3 is 2.36 bits per heavy atom. The normalized spacial score (nSPS) is 11.1. The molecule has 0 radical (unpaired) electrons. The molecule has 1 N–H and O–H groups in total. The van der Waals surface area contributed by atoms with E-state index in [0.29, 0.717) is 13.0 Å². The lowest BCUT2D eigenvalue weighted by molar-refractivity contribution is -0.109. The first-order valence-corrected chi connectivity index (χ1v) is 4.18. The van der Waals surface area contributed by atoms with Gasteiger partial charge in [-0.25, -0.2) is 8.78 Å². The molecule has 0 saturated heterocycles. The van der Waals surface area contributed by atoms with E-state index in [1.165, 1.54) is 12.1 Å². The van der Waals surface area contributed by atoms with Crippen molar-refractivity contribution in [3.05, 3.63) is 35.4 Å². The summed E-state index contributed by atoms with van der Waals surface area (Å²) >= 11 is 0. The molecule has 1 amide bonds. The summed E-state index contributed by atoms with van der Waals surface area (Å²) in [5, 5.41) is 2.45. The lowest BCUT2D eigenvalue weighted by Crippen LogP contribution is -2.11. The van der Waals surface area contributed by atoms with Gasteiger partial charge in [-0.1, -0.05) is 24.3 Å². The molecular weight excluding hydrogens is 188 g/mol. The second-order valence-electron chi connectivity index (χ2n) is 3.08. The standard InChI is InChI=1S/C10H11F2NO/c1-10(11,12)9-4-2-8(3-5-9)6-13-7-14/h2-5,7H,6H2,1H3,(H,13,14). The van der Waals surface area contributed by atoms with Crippen LogP contribution in [0.1, 0.15) is 18.1 Å². The Hall–Kier alpha value is -1.45. The van der Waals surface area contributed by atoms with Gasteiger partial charge in [-0.05, 0) is 5.56 Å². The molecule has 0 saturated carbocycles. The molecule has 76 valence electrons. The molecular formula is C10H11F2NO. The number of rotatable bonds is 4. The van der Waals surface area contributed by atoms with Gasteiger partial charge < -0.3 is 5.32 Å². The van der Waals surface area contributed by atoms with Crippen LogP contribution in [0.4, 0.5) is 8.78 Å². The molecule has 14 heavy (non-hydrogen) atoms. The Kier molecular flexibility index (Phi) is 3.17. The predicted octanol–water partition coefficient (Wildman–Crippen LogP) is 2.04. The maximum absolute atomic E-state index is 12.8. The fourth-order valence-electron chi connectivity index (χ4n) is 1.07. The van der Waals surface area contributed by atoms with Crippen molar-refractivity contribution in [2.24, 2.45) is 0 Å². The molecule has 0 aliphatic carbocycles. The number of carbonyl (C=O) groups is 1. The van der Waals surface area contributed by atoms with Gasteiger partial charge in [0.25, 0.3) is 5.92 Å². The van der Waals surface area contributed by atoms with Gasteiger partial charge in [0.05, 0.1) is 0 Å². The molecule has 0 unspecified atom stereocenters. The van der Waals surface area contributed by atoms with Crippen LogP contribution in [-0.2, 0) is 17.3 Å². The van der Waals surface area contributed by atoms with Crippen molar-refractivity contribution in [3.8, 4) is 0 Å². The number of amides is 1. The summed E-state index contributed by atoms with van der Waals surface area (Å²) in [6, 6.07) is 5.87. The lowest BCUT2D eigenvalue weighted by Gasteiger charge is -2.10. The van der Waals surface area contributed by atoms with Crippen LogP contribution in [0.3, 0.4) is 0 Å². The molecule has 1 rings (SSSR count). The van der Waals surface area contributed by atoms with Crippen LogP contribution in [0, 0.1) is 0 Å². The number of alkyl halides is 2. The third kappa shape index (κ3) is 2.80. The lowest BCUT2D eigenvalue weighted by atomic mass is 10.1. The molecule has 2 nitrogen and oxygen atoms in total. The molecule has 0 heterocycles. The van der Waals surface area contributed by atoms with Gasteiger partial charge in [0, 0.05) is 19.0 Å². The largest absolute Gasteiger partial charge is 0.355 e. The van der Waals surface area contributed by atoms with Crippen molar-refractivity contribution in [3.63, 3.8) is 0 Å². The second-order valence-corrected chi connectivity index (χ2v) is 3.08. The molecule has 0 bridgehead atoms. The Labute approximate surface area is 80.9 Å². The smallest absolute Gasteiger partial charge is 0.270 e. The summed E-state index contributed by atoms with van der Waals surface area (Å²) in [6.07, 6.45) is 0.572. The van der Waals surface area contributed by atoms with Gasteiger partial charge in [0.15, 0.2) is 0 Å². The number of nitrogens with one attached hydrogen (secondary N) is 1. The quantitative estimate of drug-likeness (QED) is 0.739. The Morgan fingerprint density at radius 1 is 1.36 bits per heavy atom. The predicted molar refractivity (Wildman–Crippen MR) is 48.9 cm³/mol. The number of hydrogen-bond acceptors (Lipinski definition) is 1. The SMILES string of the molecule is CC(F)(F)c1ccc(CNC=O)cc1. The highest BCUT2D eigenvalue weighted by atomic mass is 19.3. The molecule has 4 heteroatoms. The van der Waals surface area contributed by atoms with E-state index in [2.05, 4.69) is 5.32 Å². The van der Waals surface area contributed by atoms with Crippen LogP contribution in [0.5, 0.6) is 0 Å². The van der Waals surface area contributed by atoms with Gasteiger partial charge in [-0.3, -0.25) is 4.79 Å². The van der Waals surface area contributed by atoms with Gasteiger partial charge in [-0.15, -0.1) is 0 Å². The fourth-order valence-corrected chi connectivity index (χ4v) is 1.07. The maximum atomic E-state index is 12.8. The van der Waals surface area contributed by atoms with Gasteiger partial charge in [0.1, 0.15) is 0 Å². The third-order valence-corrected chi connectivity index (χ3v) is 1.85. The summed E-state index contributed by atoms with van der Waals surface area (Å²) in [4.78, 5) is 9.97. The highest BCUT2D eigenvalue weighted by molar-refractivity contribution is 5.46. The first-order valence-electron chi connectivity index (χ1n) is 4.18. The van der Waals surface area contributed by atoms with E-state index < -0.39 is 5.92 Å². The minimum absolute atomic E-state index is 0.0210. The van der Waals surface area contributed by atoms with E-state index in [1.54, 1.807) is 12.1 Å². The van der Waals surface area contributed by atoms with Gasteiger partial charge in [0.2, 0.25) is 6.41 Å². The average Bonchev–Trinajstić information content (AvgIpc) is 2.14. The van der Waals surface area contributed by atoms with E-state index in [9.17, 15) is 13.6 Å². The minimum Gasteiger partial charge on any atom is -0.355 e. The molecule has 0 spiro atoms. The number of benzene rings is 1. The summed E-state index contributed by atoms with van der Waals surface area (Å²) < 4.78 is 25.5. The third-order valence-electron chi connectivity index (χ3n) is 1.85. The van der Waals surface area contributed by atoms with E-state index in [-0.39, 0.29) is 5.56 Å².